The highest BCUT2D eigenvalue weighted by atomic mass is 35.5. The fraction of sp³-hybridized carbons (Fsp3) is 0.556. The van der Waals surface area contributed by atoms with Crippen LogP contribution in [0.2, 0.25) is 10.0 Å². The Kier molecular flexibility index (Phi) is 31.5. The second-order valence-electron chi connectivity index (χ2n) is 39.0. The van der Waals surface area contributed by atoms with Crippen molar-refractivity contribution in [3.8, 4) is 51.4 Å². The molecule has 18 rings (SSSR count). The van der Waals surface area contributed by atoms with Gasteiger partial charge in [0.25, 0.3) is 0 Å². The van der Waals surface area contributed by atoms with E-state index in [0.29, 0.717) is 56.3 Å². The van der Waals surface area contributed by atoms with Gasteiger partial charge < -0.3 is 117 Å². The van der Waals surface area contributed by atoms with E-state index in [2.05, 4.69) is 38.2 Å². The van der Waals surface area contributed by atoms with Gasteiger partial charge in [-0.25, -0.2) is 13.1 Å². The molecule has 7 aliphatic heterocycles. The van der Waals surface area contributed by atoms with E-state index in [0.717, 1.165) is 63.5 Å². The number of carbonyl (C=O) groups excluding carboxylic acids is 8. The summed E-state index contributed by atoms with van der Waals surface area (Å²) in [5.74, 6) is -16.9. The lowest BCUT2D eigenvalue weighted by Crippen LogP contribution is -2.64. The molecule has 4 saturated carbocycles. The van der Waals surface area contributed by atoms with E-state index in [9.17, 15) is 64.0 Å². The number of amides is 5. The predicted octanol–water partition coefficient (Wildman–Crippen LogP) is 8.75. The zero-order valence-corrected chi connectivity index (χ0v) is 79.1. The van der Waals surface area contributed by atoms with Crippen molar-refractivity contribution >= 4 is 80.1 Å². The van der Waals surface area contributed by atoms with Gasteiger partial charge in [-0.05, 0) is 232 Å². The SMILES string of the molecule is CCCCCOc1ccc(S(=O)(=O)NCCCCCCNCc2c(O)cc3c4c2C(O)(O)c2ccc(cc2-4)[C@H]2CC(=O)[C@@H]4NC(=O)[C@H](CC(N)=O)CC(=O)[C@H](NC(=O)[C@H](CC)CC(C)C)[C@H](O)c5ccc(c(Cl)c5)Oc5cc4cc(c5O[C@@H]4O[C@H](CO)[C@@H](O)[C@H](O)[C@H]4O[C@H]4C[C@](C)(N)[C@H](O)[C@H](C)O4)Oc4ccc(cc4Cl)[C@@H](O)[C@H](NC2=O)C(=O)N[C@@H]3C(=O)CC2C3CC4CC(C3)CC2C4)cc1. The van der Waals surface area contributed by atoms with Crippen LogP contribution in [0.3, 0.4) is 0 Å². The van der Waals surface area contributed by atoms with Crippen LogP contribution in [-0.4, -0.2) is 194 Å². The molecule has 6 aromatic rings. The number of aromatic hydroxyl groups is 1. The van der Waals surface area contributed by atoms with Gasteiger partial charge in [-0.2, -0.15) is 0 Å². The van der Waals surface area contributed by atoms with Gasteiger partial charge in [0, 0.05) is 73.3 Å². The van der Waals surface area contributed by atoms with Crippen LogP contribution in [0.5, 0.6) is 40.2 Å². The molecule has 7 heterocycles. The van der Waals surface area contributed by atoms with E-state index in [1.807, 2.05) is 13.8 Å². The minimum absolute atomic E-state index is 0.0264. The van der Waals surface area contributed by atoms with Gasteiger partial charge in [0.05, 0.1) is 52.2 Å². The molecule has 2 saturated heterocycles. The smallest absolute Gasteiger partial charge is 0.246 e. The number of hydrogen-bond donors (Lipinski definition) is 17. The third-order valence-electron chi connectivity index (χ3n) is 28.6. The highest BCUT2D eigenvalue weighted by Gasteiger charge is 2.55. The zero-order valence-electron chi connectivity index (χ0n) is 76.8. The number of aliphatic hydroxyl groups excluding tert-OH is 6. The normalized spacial score (nSPS) is 29.8. The molecule has 0 unspecified atom stereocenters. The molecule has 18 atom stereocenters. The van der Waals surface area contributed by atoms with Crippen molar-refractivity contribution in [2.45, 2.75) is 278 Å². The highest BCUT2D eigenvalue weighted by Crippen LogP contribution is 2.60. The first-order chi connectivity index (χ1) is 64.7. The molecule has 0 aromatic heterocycles. The van der Waals surface area contributed by atoms with Crippen molar-refractivity contribution in [3.05, 3.63) is 152 Å². The lowest BCUT2D eigenvalue weighted by molar-refractivity contribution is -0.333. The van der Waals surface area contributed by atoms with Crippen molar-refractivity contribution in [2.24, 2.45) is 58.8 Å². The second kappa shape index (κ2) is 42.4. The molecule has 19 N–H and O–H groups in total. The van der Waals surface area contributed by atoms with Crippen molar-refractivity contribution in [1.29, 1.82) is 0 Å². The number of sulfonamides is 1. The Morgan fingerprint density at radius 3 is 1.96 bits per heavy atom. The number of phenols is 1. The Bertz CT molecular complexity index is 5560. The first kappa shape index (κ1) is 101. The average Bonchev–Trinajstić information content (AvgIpc) is 1.55. The number of carbonyl (C=O) groups is 8. The van der Waals surface area contributed by atoms with Crippen LogP contribution in [0, 0.1) is 47.3 Å². The maximum absolute atomic E-state index is 16.9. The lowest BCUT2D eigenvalue weighted by atomic mass is 9.51. The van der Waals surface area contributed by atoms with Crippen LogP contribution >= 0.6 is 23.2 Å². The van der Waals surface area contributed by atoms with Crippen molar-refractivity contribution in [1.82, 2.24) is 31.3 Å². The number of fused-ring (bicyclic) bond motifs is 12. The number of ether oxygens (including phenoxy) is 7. The van der Waals surface area contributed by atoms with E-state index in [1.54, 1.807) is 19.1 Å². The molecule has 6 fully saturated rings. The molecule has 5 amide bonds. The van der Waals surface area contributed by atoms with Crippen molar-refractivity contribution in [2.75, 3.05) is 26.3 Å². The summed E-state index contributed by atoms with van der Waals surface area (Å²) in [5, 5.41) is 124. The zero-order chi connectivity index (χ0) is 97.4. The fourth-order valence-electron chi connectivity index (χ4n) is 21.6. The first-order valence-corrected chi connectivity index (χ1v) is 49.5. The molecule has 6 aromatic carbocycles. The number of nitrogens with two attached hydrogens (primary N) is 2. The van der Waals surface area contributed by atoms with E-state index < -0.39 is 220 Å². The second-order valence-corrected chi connectivity index (χ2v) is 41.6. The number of aliphatic hydroxyl groups is 8. The number of ketones is 3. The number of rotatable bonds is 31. The summed E-state index contributed by atoms with van der Waals surface area (Å²) < 4.78 is 74.4. The predicted molar refractivity (Wildman–Crippen MR) is 494 cm³/mol. The number of benzene rings is 6. The Balaban J connectivity index is 0.856. The lowest BCUT2D eigenvalue weighted by Gasteiger charge is -2.54. The summed E-state index contributed by atoms with van der Waals surface area (Å²) in [6, 6.07) is 13.2. The molecule has 0 radical (unpaired) electrons. The standard InChI is InChI=1S/C99H124Cl2N8O26S/c1-7-9-14-27-129-59-18-20-60(21-19-59)136(127,128)105-26-13-11-10-12-25-104-45-65-69(111)43-64-80-63-34-52(15-22-66(63)99(125,126)81(65)80)62-42-71(113)82-57-38-75(131-73-23-16-53(35-67(73)100)86(116)84(108-93(121)51(8-2)28-47(3)4)70(112)37-58(40-78(102)115)94(122)106-82)90(135-97-91(89(119)88(118)77(46-110)133-97)134-79-44-98(6,103)92(120)48(5)130-79)76(39-57)132-74-24-17-54(36-68(74)101)87(117)85(109-95(62)123)96(124)107-83(64)72(114)41-61-55-30-49-29-50(32-55)33-56(61)31-49/h15-24,34-36,38-39,43,47-51,55-56,58,61-62,77,79,82-89,91-92,97,104-105,110-111,116-120,125-126H,7-14,25-33,37,40-42,44-46,103H2,1-6H3,(H2,102,115)(H,106,122)(H,107,124)(H,108,121)(H,109,123)/t48-,49?,50?,51+,55?,56?,58-,61?,62+,77+,79-,82+,83-,84-,85-,86+,87+,88+,89-,91+,92+,97-,98-/m0/s1. The Labute approximate surface area is 798 Å². The van der Waals surface area contributed by atoms with Gasteiger partial charge in [0.15, 0.2) is 41.2 Å². The molecule has 37 heteroatoms. The van der Waals surface area contributed by atoms with Crippen molar-refractivity contribution < 1.29 is 126 Å². The third kappa shape index (κ3) is 21.8. The number of Topliss-reactive ketones (excluding diaryl/α,β-unsaturated/α-hetero) is 3. The largest absolute Gasteiger partial charge is 0.508 e. The van der Waals surface area contributed by atoms with Crippen LogP contribution in [0.4, 0.5) is 0 Å². The van der Waals surface area contributed by atoms with Crippen molar-refractivity contribution in [3.63, 3.8) is 0 Å². The van der Waals surface area contributed by atoms with Gasteiger partial charge in [-0.3, -0.25) is 38.4 Å². The molecule has 736 valence electrons. The summed E-state index contributed by atoms with van der Waals surface area (Å²) in [5.41, 5.74) is 9.65. The summed E-state index contributed by atoms with van der Waals surface area (Å²) in [7, 11) is -3.85. The fourth-order valence-corrected chi connectivity index (χ4v) is 23.1. The highest BCUT2D eigenvalue weighted by molar-refractivity contribution is 7.89. The summed E-state index contributed by atoms with van der Waals surface area (Å²) in [4.78, 5) is 125. The van der Waals surface area contributed by atoms with Gasteiger partial charge in [-0.1, -0.05) is 101 Å². The minimum atomic E-state index is -3.85. The number of hydrogen-bond acceptors (Lipinski definition) is 28. The maximum atomic E-state index is 16.9. The number of halogens is 2. The Hall–Kier alpha value is -9.35. The van der Waals surface area contributed by atoms with E-state index in [-0.39, 0.29) is 145 Å². The molecule has 34 nitrogen and oxygen atoms in total. The minimum Gasteiger partial charge on any atom is -0.508 e. The van der Waals surface area contributed by atoms with Crippen LogP contribution in [0.25, 0.3) is 11.1 Å². The van der Waals surface area contributed by atoms with Gasteiger partial charge in [0.1, 0.15) is 77.7 Å². The quantitative estimate of drug-likeness (QED) is 0.0143. The van der Waals surface area contributed by atoms with E-state index in [1.165, 1.54) is 86.6 Å². The van der Waals surface area contributed by atoms with Crippen LogP contribution in [0.15, 0.2) is 102 Å². The molecule has 0 spiro atoms. The van der Waals surface area contributed by atoms with Crippen LogP contribution in [-0.2, 0) is 74.9 Å². The molecule has 15 bridgehead atoms. The number of nitrogens with one attached hydrogen (secondary N) is 6. The van der Waals surface area contributed by atoms with E-state index in [4.69, 9.17) is 67.8 Å². The van der Waals surface area contributed by atoms with Crippen LogP contribution in [0.1, 0.15) is 238 Å². The third-order valence-corrected chi connectivity index (χ3v) is 30.7. The average molecular weight is 1950 g/mol. The van der Waals surface area contributed by atoms with Gasteiger partial charge in [0.2, 0.25) is 57.4 Å². The number of primary amides is 1. The molecular formula is C99H124Cl2N8O26S. The number of phenolic OH excluding ortho intramolecular Hbond substituents is 1. The van der Waals surface area contributed by atoms with Crippen LogP contribution < -0.4 is 61.7 Å². The summed E-state index contributed by atoms with van der Waals surface area (Å²) >= 11 is 14.6. The Morgan fingerprint density at radius 1 is 0.699 bits per heavy atom. The number of unbranched alkanes of at least 4 members (excludes halogenated alkanes) is 5. The van der Waals surface area contributed by atoms with Gasteiger partial charge >= 0.3 is 0 Å². The molecule has 12 aliphatic rings. The van der Waals surface area contributed by atoms with E-state index >= 15 is 28.8 Å². The summed E-state index contributed by atoms with van der Waals surface area (Å²) in [6.45, 7) is 10.4. The molecule has 5 aliphatic carbocycles. The first-order valence-electron chi connectivity index (χ1n) is 47.3. The molecule has 136 heavy (non-hydrogen) atoms. The van der Waals surface area contributed by atoms with Gasteiger partial charge in [-0.15, -0.1) is 0 Å². The maximum Gasteiger partial charge on any atom is 0.246 e. The molecular weight excluding hydrogens is 1820 g/mol. The topological polar surface area (TPSA) is 542 Å². The summed E-state index contributed by atoms with van der Waals surface area (Å²) in [6.07, 6.45) is -10.1. The monoisotopic (exact) mass is 1940 g/mol. The Morgan fingerprint density at radius 2 is 1.35 bits per heavy atom.